The normalized spacial score (nSPS) is 9.69. The zero-order valence-electron chi connectivity index (χ0n) is 15.4. The summed E-state index contributed by atoms with van der Waals surface area (Å²) in [7, 11) is 0.897. The van der Waals surface area contributed by atoms with Gasteiger partial charge >= 0.3 is 0 Å². The average molecular weight is 525 g/mol. The van der Waals surface area contributed by atoms with Crippen LogP contribution in [0.1, 0.15) is 6.42 Å². The van der Waals surface area contributed by atoms with E-state index in [1.165, 1.54) is 10.6 Å². The Balaban J connectivity index is -0.000000160. The van der Waals surface area contributed by atoms with Crippen molar-refractivity contribution in [3.05, 3.63) is 85.0 Å². The molecular weight excluding hydrogens is 497 g/mol. The molecule has 0 spiro atoms. The molecule has 0 nitrogen and oxygen atoms in total. The summed E-state index contributed by atoms with van der Waals surface area (Å²) in [6.45, 7) is 6.81. The smallest absolute Gasteiger partial charge is 0.0379 e. The minimum atomic E-state index is 0. The Morgan fingerprint density at radius 3 is 1.38 bits per heavy atom. The van der Waals surface area contributed by atoms with Crippen molar-refractivity contribution in [2.75, 3.05) is 0 Å². The maximum absolute atomic E-state index is 2.99. The molecular formula is C20H28Cl3PSiZr-. The molecule has 0 fully saturated rings. The van der Waals surface area contributed by atoms with Crippen molar-refractivity contribution in [2.24, 2.45) is 0 Å². The van der Waals surface area contributed by atoms with Crippen LogP contribution >= 0.6 is 45.8 Å². The molecule has 0 bridgehead atoms. The van der Waals surface area contributed by atoms with Crippen molar-refractivity contribution in [1.29, 1.82) is 0 Å². The largest absolute Gasteiger partial charge is 0.273 e. The van der Waals surface area contributed by atoms with E-state index in [2.05, 4.69) is 92.5 Å². The van der Waals surface area contributed by atoms with Gasteiger partial charge in [0, 0.05) is 35.0 Å². The molecule has 0 N–H and O–H groups in total. The summed E-state index contributed by atoms with van der Waals surface area (Å²) in [6.07, 6.45) is 10.0. The van der Waals surface area contributed by atoms with Gasteiger partial charge in [0.05, 0.1) is 0 Å². The summed E-state index contributed by atoms with van der Waals surface area (Å²) in [5.74, 6) is 0. The van der Waals surface area contributed by atoms with Crippen LogP contribution in [0.2, 0.25) is 19.6 Å². The molecule has 6 heteroatoms. The molecule has 0 atom stereocenters. The SMILES string of the molecule is C[Si](C)C.Cl.Cl.Cl.[C-]1=CC=CC1.[Zr].c1ccc(Pc2ccccc2)cc1. The van der Waals surface area contributed by atoms with Crippen LogP contribution in [0.4, 0.5) is 0 Å². The summed E-state index contributed by atoms with van der Waals surface area (Å²) in [6, 6.07) is 21.2. The first-order chi connectivity index (χ1) is 10.7. The molecule has 1 radical (unpaired) electrons. The molecule has 0 saturated heterocycles. The fourth-order valence-electron chi connectivity index (χ4n) is 1.55. The predicted molar refractivity (Wildman–Crippen MR) is 127 cm³/mol. The van der Waals surface area contributed by atoms with Crippen LogP contribution in [-0.4, -0.2) is 8.80 Å². The average Bonchev–Trinajstić information content (AvgIpc) is 3.08. The van der Waals surface area contributed by atoms with Crippen LogP contribution in [-0.2, 0) is 26.2 Å². The second kappa shape index (κ2) is 23.4. The maximum atomic E-state index is 2.99. The first-order valence-corrected chi connectivity index (χ1v) is 11.5. The zero-order chi connectivity index (χ0) is 16.0. The second-order valence-electron chi connectivity index (χ2n) is 5.36. The molecule has 0 heterocycles. The fraction of sp³-hybridized carbons (Fsp3) is 0.200. The molecule has 1 aliphatic carbocycles. The number of hydrogen-bond donors (Lipinski definition) is 0. The van der Waals surface area contributed by atoms with E-state index in [4.69, 9.17) is 0 Å². The summed E-state index contributed by atoms with van der Waals surface area (Å²) >= 11 is 0. The van der Waals surface area contributed by atoms with Crippen LogP contribution in [0.25, 0.3) is 0 Å². The molecule has 0 aromatic heterocycles. The summed E-state index contributed by atoms with van der Waals surface area (Å²) < 4.78 is 0. The third-order valence-electron chi connectivity index (χ3n) is 2.42. The third-order valence-corrected chi connectivity index (χ3v) is 3.67. The summed E-state index contributed by atoms with van der Waals surface area (Å²) in [5, 5.41) is 2.79. The Bertz CT molecular complexity index is 514. The van der Waals surface area contributed by atoms with Gasteiger partial charge in [0.1, 0.15) is 0 Å². The summed E-state index contributed by atoms with van der Waals surface area (Å²) in [4.78, 5) is 0. The first-order valence-electron chi connectivity index (χ1n) is 7.54. The minimum Gasteiger partial charge on any atom is -0.273 e. The Hall–Kier alpha value is 0.320. The van der Waals surface area contributed by atoms with Gasteiger partial charge < -0.3 is 0 Å². The standard InChI is InChI=1S/C12H11P.C5H5.C3H9Si.3ClH.Zr/c1-3-7-11(8-4-1)13-12-9-5-2-6-10-12;1-2-4-5-3-1;1-4(2)3;;;;/h1-10,13H;1-3H,4H2;1-3H3;3*1H;/q;-1;;;;;. The van der Waals surface area contributed by atoms with Crippen LogP contribution in [0.5, 0.6) is 0 Å². The van der Waals surface area contributed by atoms with Gasteiger partial charge in [-0.1, -0.05) is 88.9 Å². The van der Waals surface area contributed by atoms with Gasteiger partial charge in [-0.3, -0.25) is 6.08 Å². The molecule has 26 heavy (non-hydrogen) atoms. The molecule has 1 aliphatic rings. The maximum Gasteiger partial charge on any atom is 0.0379 e. The van der Waals surface area contributed by atoms with E-state index in [-0.39, 0.29) is 72.2 Å². The van der Waals surface area contributed by atoms with Crippen LogP contribution < -0.4 is 10.6 Å². The van der Waals surface area contributed by atoms with E-state index < -0.39 is 0 Å². The van der Waals surface area contributed by atoms with Crippen LogP contribution in [0.15, 0.2) is 78.9 Å². The van der Waals surface area contributed by atoms with Crippen LogP contribution in [0, 0.1) is 6.08 Å². The Kier molecular flexibility index (Phi) is 30.4. The van der Waals surface area contributed by atoms with Gasteiger partial charge in [-0.05, 0) is 10.6 Å². The molecule has 143 valence electrons. The fourth-order valence-corrected chi connectivity index (χ4v) is 2.60. The number of benzene rings is 2. The van der Waals surface area contributed by atoms with Crippen molar-refractivity contribution in [2.45, 2.75) is 26.1 Å². The number of hydrogen-bond acceptors (Lipinski definition) is 0. The van der Waals surface area contributed by atoms with E-state index in [1.54, 1.807) is 0 Å². The molecule has 0 saturated carbocycles. The third kappa shape index (κ3) is 20.6. The van der Waals surface area contributed by atoms with Gasteiger partial charge in [-0.25, -0.2) is 12.2 Å². The van der Waals surface area contributed by atoms with E-state index in [0.717, 1.165) is 15.0 Å². The van der Waals surface area contributed by atoms with Crippen molar-refractivity contribution < 1.29 is 26.2 Å². The molecule has 0 amide bonds. The first kappa shape index (κ1) is 33.9. The van der Waals surface area contributed by atoms with Crippen molar-refractivity contribution >= 4 is 65.2 Å². The van der Waals surface area contributed by atoms with Crippen molar-refractivity contribution in [1.82, 2.24) is 0 Å². The van der Waals surface area contributed by atoms with Gasteiger partial charge in [0.25, 0.3) is 0 Å². The van der Waals surface area contributed by atoms with E-state index in [9.17, 15) is 0 Å². The monoisotopic (exact) mass is 522 g/mol. The summed E-state index contributed by atoms with van der Waals surface area (Å²) in [5.41, 5.74) is 0. The van der Waals surface area contributed by atoms with Gasteiger partial charge in [0.2, 0.25) is 0 Å². The van der Waals surface area contributed by atoms with E-state index in [0.29, 0.717) is 0 Å². The van der Waals surface area contributed by atoms with E-state index >= 15 is 0 Å². The molecule has 2 aromatic rings. The van der Waals surface area contributed by atoms with E-state index in [1.807, 2.05) is 12.2 Å². The molecule has 0 aliphatic heterocycles. The van der Waals surface area contributed by atoms with Gasteiger partial charge in [-0.2, -0.15) is 6.08 Å². The van der Waals surface area contributed by atoms with Crippen molar-refractivity contribution in [3.63, 3.8) is 0 Å². The topological polar surface area (TPSA) is 0 Å². The number of halogens is 3. The number of rotatable bonds is 2. The second-order valence-corrected chi connectivity index (χ2v) is 9.76. The molecule has 3 rings (SSSR count). The Morgan fingerprint density at radius 1 is 0.769 bits per heavy atom. The predicted octanol–water partition coefficient (Wildman–Crippen LogP) is 6.26. The van der Waals surface area contributed by atoms with Gasteiger partial charge in [0.15, 0.2) is 0 Å². The minimum absolute atomic E-state index is 0. The quantitative estimate of drug-likeness (QED) is 0.247. The Morgan fingerprint density at radius 2 is 1.15 bits per heavy atom. The van der Waals surface area contributed by atoms with Crippen LogP contribution in [0.3, 0.4) is 0 Å². The van der Waals surface area contributed by atoms with Crippen molar-refractivity contribution in [3.8, 4) is 0 Å². The Labute approximate surface area is 201 Å². The zero-order valence-corrected chi connectivity index (χ0v) is 22.3. The van der Waals surface area contributed by atoms with Gasteiger partial charge in [-0.15, -0.1) is 43.6 Å². The molecule has 2 aromatic carbocycles. The number of allylic oxidation sites excluding steroid dienone is 4. The molecule has 0 unspecified atom stereocenters.